The highest BCUT2D eigenvalue weighted by Gasteiger charge is 2.45. The monoisotopic (exact) mass is 477 g/mol. The Morgan fingerprint density at radius 3 is 2.70 bits per heavy atom. The molecule has 1 aliphatic heterocycles. The molecule has 0 fully saturated rings. The van der Waals surface area contributed by atoms with Gasteiger partial charge in [-0.1, -0.05) is 18.2 Å². The molecule has 33 heavy (non-hydrogen) atoms. The number of H-pyrrole nitrogens is 1. The number of benzene rings is 1. The zero-order valence-electron chi connectivity index (χ0n) is 18.5. The van der Waals surface area contributed by atoms with Crippen molar-refractivity contribution in [3.05, 3.63) is 84.8 Å². The van der Waals surface area contributed by atoms with Crippen LogP contribution in [-0.2, 0) is 11.2 Å². The summed E-state index contributed by atoms with van der Waals surface area (Å²) in [5, 5.41) is 14.7. The molecule has 1 aliphatic rings. The van der Waals surface area contributed by atoms with Crippen molar-refractivity contribution in [3.8, 4) is 0 Å². The second kappa shape index (κ2) is 8.28. The number of hydrogen-bond acceptors (Lipinski definition) is 6. The van der Waals surface area contributed by atoms with Crippen LogP contribution >= 0.6 is 22.7 Å². The van der Waals surface area contributed by atoms with Crippen molar-refractivity contribution >= 4 is 45.3 Å². The van der Waals surface area contributed by atoms with Gasteiger partial charge in [-0.05, 0) is 55.8 Å². The van der Waals surface area contributed by atoms with Crippen LogP contribution in [0.5, 0.6) is 0 Å². The van der Waals surface area contributed by atoms with Crippen LogP contribution in [0.25, 0.3) is 10.9 Å². The standard InChI is InChI=1S/C25H23N3O3S2/c1-13-9-11-32-23(13)20-19(21(29)24-14(2)27-15(3)33-24)22(30)25(31)28(20)10-8-16-12-26-18-7-5-4-6-17(16)18/h4-7,9,11-12,20,26,30H,8,10H2,1-3H3. The van der Waals surface area contributed by atoms with Gasteiger partial charge in [0.25, 0.3) is 5.91 Å². The van der Waals surface area contributed by atoms with E-state index >= 15 is 0 Å². The Balaban J connectivity index is 1.53. The van der Waals surface area contributed by atoms with Crippen molar-refractivity contribution in [2.45, 2.75) is 33.2 Å². The molecule has 4 aromatic rings. The minimum absolute atomic E-state index is 0.149. The molecule has 1 atom stereocenters. The van der Waals surface area contributed by atoms with Crippen LogP contribution in [0, 0.1) is 20.8 Å². The second-order valence-electron chi connectivity index (χ2n) is 8.22. The van der Waals surface area contributed by atoms with Gasteiger partial charge in [0.05, 0.1) is 27.2 Å². The summed E-state index contributed by atoms with van der Waals surface area (Å²) in [5.74, 6) is -1.28. The van der Waals surface area contributed by atoms with Crippen LogP contribution in [-0.4, -0.2) is 38.2 Å². The largest absolute Gasteiger partial charge is 0.503 e. The fourth-order valence-corrected chi connectivity index (χ4v) is 6.42. The number of aromatic amines is 1. The first kappa shape index (κ1) is 21.6. The summed E-state index contributed by atoms with van der Waals surface area (Å²) in [6, 6.07) is 9.39. The van der Waals surface area contributed by atoms with Gasteiger partial charge in [0, 0.05) is 28.5 Å². The van der Waals surface area contributed by atoms with Crippen molar-refractivity contribution in [2.75, 3.05) is 6.54 Å². The van der Waals surface area contributed by atoms with Gasteiger partial charge in [-0.2, -0.15) is 0 Å². The Morgan fingerprint density at radius 2 is 2.00 bits per heavy atom. The topological polar surface area (TPSA) is 86.3 Å². The lowest BCUT2D eigenvalue weighted by Crippen LogP contribution is -2.33. The number of fused-ring (bicyclic) bond motifs is 1. The van der Waals surface area contributed by atoms with Crippen molar-refractivity contribution in [3.63, 3.8) is 0 Å². The summed E-state index contributed by atoms with van der Waals surface area (Å²) < 4.78 is 0. The maximum Gasteiger partial charge on any atom is 0.290 e. The van der Waals surface area contributed by atoms with E-state index in [0.717, 1.165) is 31.9 Å². The molecule has 0 radical (unpaired) electrons. The SMILES string of the molecule is Cc1nc(C)c(C(=O)C2=C(O)C(=O)N(CCc3c[nH]c4ccccc34)C2c2sccc2C)s1. The molecular weight excluding hydrogens is 454 g/mol. The zero-order valence-corrected chi connectivity index (χ0v) is 20.1. The van der Waals surface area contributed by atoms with Gasteiger partial charge < -0.3 is 15.0 Å². The molecule has 0 aliphatic carbocycles. The first-order chi connectivity index (χ1) is 15.9. The Labute approximate surface area is 199 Å². The number of carbonyl (C=O) groups is 2. The van der Waals surface area contributed by atoms with E-state index in [1.807, 2.05) is 55.8 Å². The van der Waals surface area contributed by atoms with Crippen molar-refractivity contribution < 1.29 is 14.7 Å². The molecule has 2 N–H and O–H groups in total. The lowest BCUT2D eigenvalue weighted by molar-refractivity contribution is -0.129. The van der Waals surface area contributed by atoms with Crippen molar-refractivity contribution in [1.82, 2.24) is 14.9 Å². The summed E-state index contributed by atoms with van der Waals surface area (Å²) in [6.07, 6.45) is 2.56. The summed E-state index contributed by atoms with van der Waals surface area (Å²) in [5.41, 5.74) is 3.89. The van der Waals surface area contributed by atoms with Crippen LogP contribution < -0.4 is 0 Å². The number of aliphatic hydroxyl groups is 1. The number of aromatic nitrogens is 2. The van der Waals surface area contributed by atoms with E-state index in [1.165, 1.54) is 22.7 Å². The van der Waals surface area contributed by atoms with Gasteiger partial charge in [-0.25, -0.2) is 4.98 Å². The highest BCUT2D eigenvalue weighted by atomic mass is 32.1. The number of aryl methyl sites for hydroxylation is 3. The van der Waals surface area contributed by atoms with Gasteiger partial charge in [-0.3, -0.25) is 9.59 Å². The van der Waals surface area contributed by atoms with Gasteiger partial charge >= 0.3 is 0 Å². The Kier molecular flexibility index (Phi) is 5.42. The van der Waals surface area contributed by atoms with E-state index in [1.54, 1.807) is 11.8 Å². The molecule has 0 saturated carbocycles. The lowest BCUT2D eigenvalue weighted by Gasteiger charge is -2.26. The van der Waals surface area contributed by atoms with Crippen LogP contribution in [0.15, 0.2) is 53.2 Å². The van der Waals surface area contributed by atoms with Gasteiger partial charge in [0.1, 0.15) is 0 Å². The number of ketones is 1. The van der Waals surface area contributed by atoms with E-state index in [9.17, 15) is 14.7 Å². The third-order valence-electron chi connectivity index (χ3n) is 6.11. The number of Topliss-reactive ketones (excluding diaryl/α,β-unsaturated/α-hetero) is 1. The molecule has 1 unspecified atom stereocenters. The lowest BCUT2D eigenvalue weighted by atomic mass is 9.98. The molecule has 0 saturated heterocycles. The van der Waals surface area contributed by atoms with Crippen molar-refractivity contribution in [2.24, 2.45) is 0 Å². The predicted octanol–water partition coefficient (Wildman–Crippen LogP) is 5.43. The average Bonchev–Trinajstić information content (AvgIpc) is 3.54. The number of thiazole rings is 1. The number of thiophene rings is 1. The fraction of sp³-hybridized carbons (Fsp3) is 0.240. The van der Waals surface area contributed by atoms with E-state index in [-0.39, 0.29) is 11.4 Å². The van der Waals surface area contributed by atoms with Crippen LogP contribution in [0.4, 0.5) is 0 Å². The number of hydrogen-bond donors (Lipinski definition) is 2. The maximum atomic E-state index is 13.6. The number of nitrogens with one attached hydrogen (secondary N) is 1. The quantitative estimate of drug-likeness (QED) is 0.363. The first-order valence-corrected chi connectivity index (χ1v) is 12.4. The summed E-state index contributed by atoms with van der Waals surface area (Å²) >= 11 is 2.79. The number of carbonyl (C=O) groups excluding carboxylic acids is 2. The second-order valence-corrected chi connectivity index (χ2v) is 10.4. The molecule has 5 rings (SSSR count). The molecule has 1 amide bonds. The fourth-order valence-electron chi connectivity index (χ4n) is 4.50. The van der Waals surface area contributed by atoms with E-state index in [0.29, 0.717) is 23.5 Å². The van der Waals surface area contributed by atoms with Crippen LogP contribution in [0.2, 0.25) is 0 Å². The molecule has 8 heteroatoms. The molecule has 4 heterocycles. The third-order valence-corrected chi connectivity index (χ3v) is 8.25. The number of aliphatic hydroxyl groups excluding tert-OH is 1. The summed E-state index contributed by atoms with van der Waals surface area (Å²) in [7, 11) is 0. The molecule has 0 bridgehead atoms. The molecule has 3 aromatic heterocycles. The van der Waals surface area contributed by atoms with E-state index in [2.05, 4.69) is 9.97 Å². The number of amides is 1. The average molecular weight is 478 g/mol. The highest BCUT2D eigenvalue weighted by molar-refractivity contribution is 7.14. The number of para-hydroxylation sites is 1. The van der Waals surface area contributed by atoms with Crippen molar-refractivity contribution in [1.29, 1.82) is 0 Å². The molecule has 1 aromatic carbocycles. The normalized spacial score (nSPS) is 16.4. The Hall–Kier alpha value is -3.23. The zero-order chi connectivity index (χ0) is 23.3. The van der Waals surface area contributed by atoms with Gasteiger partial charge in [0.15, 0.2) is 5.76 Å². The number of nitrogens with zero attached hydrogens (tertiary/aromatic N) is 2. The summed E-state index contributed by atoms with van der Waals surface area (Å²) in [4.78, 5) is 37.4. The smallest absolute Gasteiger partial charge is 0.290 e. The Bertz CT molecular complexity index is 1430. The minimum atomic E-state index is -0.614. The van der Waals surface area contributed by atoms with Crippen LogP contribution in [0.1, 0.15) is 42.4 Å². The molecule has 6 nitrogen and oxygen atoms in total. The first-order valence-electron chi connectivity index (χ1n) is 10.7. The van der Waals surface area contributed by atoms with Crippen LogP contribution in [0.3, 0.4) is 0 Å². The molecule has 168 valence electrons. The highest BCUT2D eigenvalue weighted by Crippen LogP contribution is 2.43. The summed E-state index contributed by atoms with van der Waals surface area (Å²) in [6.45, 7) is 5.97. The molecule has 0 spiro atoms. The predicted molar refractivity (Wildman–Crippen MR) is 131 cm³/mol. The maximum absolute atomic E-state index is 13.6. The van der Waals surface area contributed by atoms with Gasteiger partial charge in [0.2, 0.25) is 5.78 Å². The van der Waals surface area contributed by atoms with E-state index in [4.69, 9.17) is 0 Å². The van der Waals surface area contributed by atoms with Gasteiger partial charge in [-0.15, -0.1) is 22.7 Å². The number of rotatable bonds is 6. The molecular formula is C25H23N3O3S2. The minimum Gasteiger partial charge on any atom is -0.503 e. The van der Waals surface area contributed by atoms with E-state index < -0.39 is 17.7 Å². The third kappa shape index (κ3) is 3.59. The Morgan fingerprint density at radius 1 is 1.21 bits per heavy atom.